The number of ether oxygens (including phenoxy) is 1. The fourth-order valence-electron chi connectivity index (χ4n) is 5.69. The van der Waals surface area contributed by atoms with Crippen LogP contribution in [0.15, 0.2) is 42.6 Å². The SMILES string of the molecule is Cc1cc2nc(-c3ccnc(N4CCN(C(C)C)[C@H](C)C4)n3)sc2c(-c2ccc(Cl)cc2)c1[C@H](OC(C)(C)C)C(=O)O. The molecular weight excluding hydrogens is 570 g/mol. The maximum atomic E-state index is 12.6. The molecule has 42 heavy (non-hydrogen) atoms. The zero-order chi connectivity index (χ0) is 30.3. The van der Waals surface area contributed by atoms with E-state index < -0.39 is 17.7 Å². The van der Waals surface area contributed by atoms with Crippen molar-refractivity contribution in [3.05, 3.63) is 58.7 Å². The van der Waals surface area contributed by atoms with Crippen molar-refractivity contribution in [3.63, 3.8) is 0 Å². The van der Waals surface area contributed by atoms with E-state index >= 15 is 0 Å². The standard InChI is InChI=1S/C32H38ClN5O3S/c1-18(2)38-15-14-37(17-20(38)4)31-34-13-12-23(36-31)29-35-24-16-19(3)25(27(30(39)40)41-32(5,6)7)26(28(24)42-29)21-8-10-22(33)11-9-21/h8-13,16,18,20,27H,14-15,17H2,1-7H3,(H,39,40)/t20-,27+/m1/s1. The van der Waals surface area contributed by atoms with Gasteiger partial charge in [0.2, 0.25) is 5.95 Å². The molecule has 4 aromatic rings. The Morgan fingerprint density at radius 2 is 1.86 bits per heavy atom. The van der Waals surface area contributed by atoms with Gasteiger partial charge in [-0.15, -0.1) is 11.3 Å². The predicted octanol–water partition coefficient (Wildman–Crippen LogP) is 7.24. The van der Waals surface area contributed by atoms with Crippen molar-refractivity contribution in [1.82, 2.24) is 19.9 Å². The molecule has 2 atom stereocenters. The van der Waals surface area contributed by atoms with E-state index in [1.807, 2.05) is 64.1 Å². The van der Waals surface area contributed by atoms with Crippen molar-refractivity contribution >= 4 is 45.1 Å². The molecule has 3 heterocycles. The molecule has 0 aliphatic carbocycles. The molecule has 10 heteroatoms. The summed E-state index contributed by atoms with van der Waals surface area (Å²) in [5.41, 5.74) is 3.89. The number of aryl methyl sites for hydroxylation is 1. The summed E-state index contributed by atoms with van der Waals surface area (Å²) in [5.74, 6) is -0.346. The maximum absolute atomic E-state index is 12.6. The zero-order valence-electron chi connectivity index (χ0n) is 25.2. The number of hydrogen-bond donors (Lipinski definition) is 1. The number of thiazole rings is 1. The summed E-state index contributed by atoms with van der Waals surface area (Å²) >= 11 is 7.73. The molecule has 0 saturated carbocycles. The van der Waals surface area contributed by atoms with Gasteiger partial charge >= 0.3 is 5.97 Å². The first-order valence-electron chi connectivity index (χ1n) is 14.3. The number of benzene rings is 2. The van der Waals surface area contributed by atoms with Gasteiger partial charge in [0.15, 0.2) is 6.10 Å². The van der Waals surface area contributed by atoms with E-state index in [9.17, 15) is 9.90 Å². The smallest absolute Gasteiger partial charge is 0.337 e. The molecule has 0 spiro atoms. The van der Waals surface area contributed by atoms with Crippen LogP contribution in [0.4, 0.5) is 5.95 Å². The lowest BCUT2D eigenvalue weighted by molar-refractivity contribution is -0.160. The molecule has 0 bridgehead atoms. The number of fused-ring (bicyclic) bond motifs is 1. The number of carboxylic acid groups (broad SMARTS) is 1. The minimum absolute atomic E-state index is 0.397. The van der Waals surface area contributed by atoms with E-state index in [1.165, 1.54) is 11.3 Å². The van der Waals surface area contributed by atoms with Crippen molar-refractivity contribution in [2.45, 2.75) is 72.3 Å². The summed E-state index contributed by atoms with van der Waals surface area (Å²) in [4.78, 5) is 31.9. The molecule has 0 unspecified atom stereocenters. The summed E-state index contributed by atoms with van der Waals surface area (Å²) in [6.45, 7) is 16.9. The van der Waals surface area contributed by atoms with E-state index in [2.05, 4.69) is 35.6 Å². The van der Waals surface area contributed by atoms with E-state index in [-0.39, 0.29) is 0 Å². The quantitative estimate of drug-likeness (QED) is 0.235. The molecule has 8 nitrogen and oxygen atoms in total. The molecule has 5 rings (SSSR count). The van der Waals surface area contributed by atoms with Gasteiger partial charge in [-0.3, -0.25) is 4.90 Å². The Morgan fingerprint density at radius 1 is 1.14 bits per heavy atom. The fraction of sp³-hybridized carbons (Fsp3) is 0.438. The lowest BCUT2D eigenvalue weighted by atomic mass is 9.91. The molecular formula is C32H38ClN5O3S. The summed E-state index contributed by atoms with van der Waals surface area (Å²) in [6, 6.07) is 12.2. The van der Waals surface area contributed by atoms with Crippen LogP contribution >= 0.6 is 22.9 Å². The molecule has 1 aliphatic rings. The maximum Gasteiger partial charge on any atom is 0.337 e. The number of nitrogens with zero attached hydrogens (tertiary/aromatic N) is 5. The number of halogens is 1. The van der Waals surface area contributed by atoms with Crippen LogP contribution in [0.5, 0.6) is 0 Å². The van der Waals surface area contributed by atoms with Crippen LogP contribution in [0.2, 0.25) is 5.02 Å². The van der Waals surface area contributed by atoms with Crippen LogP contribution in [-0.2, 0) is 9.53 Å². The second-order valence-electron chi connectivity index (χ2n) is 12.2. The van der Waals surface area contributed by atoms with E-state index in [0.29, 0.717) is 28.6 Å². The summed E-state index contributed by atoms with van der Waals surface area (Å²) in [7, 11) is 0. The van der Waals surface area contributed by atoms with Crippen molar-refractivity contribution in [1.29, 1.82) is 0 Å². The Balaban J connectivity index is 1.62. The first kappa shape index (κ1) is 30.4. The van der Waals surface area contributed by atoms with Crippen LogP contribution in [0.25, 0.3) is 32.0 Å². The highest BCUT2D eigenvalue weighted by Crippen LogP contribution is 2.44. The number of anilines is 1. The number of carbonyl (C=O) groups is 1. The third-order valence-corrected chi connectivity index (χ3v) is 8.87. The molecule has 0 amide bonds. The molecule has 1 aliphatic heterocycles. The zero-order valence-corrected chi connectivity index (χ0v) is 26.8. The lowest BCUT2D eigenvalue weighted by Crippen LogP contribution is -2.54. The lowest BCUT2D eigenvalue weighted by Gasteiger charge is -2.42. The Morgan fingerprint density at radius 3 is 2.48 bits per heavy atom. The second kappa shape index (κ2) is 11.9. The van der Waals surface area contributed by atoms with Crippen molar-refractivity contribution in [3.8, 4) is 21.8 Å². The normalized spacial score (nSPS) is 17.3. The van der Waals surface area contributed by atoms with E-state index in [4.69, 9.17) is 26.3 Å². The van der Waals surface area contributed by atoms with Gasteiger partial charge in [0.05, 0.1) is 15.8 Å². The molecule has 2 aromatic heterocycles. The highest BCUT2D eigenvalue weighted by molar-refractivity contribution is 7.22. The molecule has 1 saturated heterocycles. The van der Waals surface area contributed by atoms with Gasteiger partial charge in [0.1, 0.15) is 10.7 Å². The summed E-state index contributed by atoms with van der Waals surface area (Å²) < 4.78 is 7.01. The number of carboxylic acids is 1. The van der Waals surface area contributed by atoms with Gasteiger partial charge in [0.25, 0.3) is 0 Å². The first-order valence-corrected chi connectivity index (χ1v) is 15.5. The Labute approximate surface area is 256 Å². The van der Waals surface area contributed by atoms with Gasteiger partial charge in [-0.25, -0.2) is 19.7 Å². The minimum Gasteiger partial charge on any atom is -0.479 e. The van der Waals surface area contributed by atoms with Crippen LogP contribution in [0, 0.1) is 6.92 Å². The first-order chi connectivity index (χ1) is 19.8. The third kappa shape index (κ3) is 6.29. The minimum atomic E-state index is -1.16. The van der Waals surface area contributed by atoms with E-state index in [0.717, 1.165) is 57.2 Å². The molecule has 222 valence electrons. The fourth-order valence-corrected chi connectivity index (χ4v) is 6.91. The molecule has 1 fully saturated rings. The Bertz CT molecular complexity index is 1600. The highest BCUT2D eigenvalue weighted by Gasteiger charge is 2.33. The number of piperazine rings is 1. The van der Waals surface area contributed by atoms with Gasteiger partial charge in [-0.05, 0) is 83.9 Å². The van der Waals surface area contributed by atoms with Crippen LogP contribution in [-0.4, -0.2) is 68.2 Å². The summed E-state index contributed by atoms with van der Waals surface area (Å²) in [6.07, 6.45) is 0.625. The second-order valence-corrected chi connectivity index (χ2v) is 13.6. The number of hydrogen-bond acceptors (Lipinski definition) is 8. The van der Waals surface area contributed by atoms with Gasteiger partial charge in [-0.2, -0.15) is 0 Å². The van der Waals surface area contributed by atoms with Crippen LogP contribution in [0.3, 0.4) is 0 Å². The average molecular weight is 608 g/mol. The van der Waals surface area contributed by atoms with Crippen molar-refractivity contribution in [2.75, 3.05) is 24.5 Å². The third-order valence-electron chi connectivity index (χ3n) is 7.51. The Hall–Kier alpha value is -3.11. The van der Waals surface area contributed by atoms with Crippen molar-refractivity contribution < 1.29 is 14.6 Å². The number of rotatable bonds is 7. The van der Waals surface area contributed by atoms with Gasteiger partial charge in [0, 0.05) is 54.1 Å². The number of aromatic nitrogens is 3. The highest BCUT2D eigenvalue weighted by atomic mass is 35.5. The average Bonchev–Trinajstić information content (AvgIpc) is 3.34. The molecule has 1 N–H and O–H groups in total. The predicted molar refractivity (Wildman–Crippen MR) is 171 cm³/mol. The van der Waals surface area contributed by atoms with E-state index in [1.54, 1.807) is 6.20 Å². The molecule has 2 aromatic carbocycles. The monoisotopic (exact) mass is 607 g/mol. The van der Waals surface area contributed by atoms with Crippen LogP contribution in [0.1, 0.15) is 58.8 Å². The summed E-state index contributed by atoms with van der Waals surface area (Å²) in [5, 5.41) is 11.7. The Kier molecular flexibility index (Phi) is 8.58. The number of aliphatic carboxylic acids is 1. The topological polar surface area (TPSA) is 91.7 Å². The van der Waals surface area contributed by atoms with Crippen molar-refractivity contribution in [2.24, 2.45) is 0 Å². The van der Waals surface area contributed by atoms with Gasteiger partial charge in [-0.1, -0.05) is 23.7 Å². The van der Waals surface area contributed by atoms with Crippen LogP contribution < -0.4 is 4.90 Å². The molecule has 0 radical (unpaired) electrons. The largest absolute Gasteiger partial charge is 0.479 e. The van der Waals surface area contributed by atoms with Gasteiger partial charge < -0.3 is 14.7 Å².